The molecule has 0 aromatic carbocycles. The van der Waals surface area contributed by atoms with Crippen LogP contribution in [-0.4, -0.2) is 26.9 Å². The molecule has 0 aromatic rings. The van der Waals surface area contributed by atoms with Crippen molar-refractivity contribution in [2.45, 2.75) is 27.7 Å². The molecule has 7 heteroatoms. The minimum atomic E-state index is -2.78. The Morgan fingerprint density at radius 3 is 2.20 bits per heavy atom. The van der Waals surface area contributed by atoms with E-state index in [1.807, 2.05) is 0 Å². The van der Waals surface area contributed by atoms with Crippen LogP contribution in [0.3, 0.4) is 0 Å². The molecule has 5 N–H and O–H groups in total. The highest BCUT2D eigenvalue weighted by molar-refractivity contribution is 7.99. The Morgan fingerprint density at radius 1 is 1.40 bits per heavy atom. The fourth-order valence-corrected chi connectivity index (χ4v) is 1.41. The lowest BCUT2D eigenvalue weighted by molar-refractivity contribution is 0.582. The van der Waals surface area contributed by atoms with Gasteiger partial charge in [0.1, 0.15) is 9.89 Å². The zero-order valence-electron chi connectivity index (χ0n) is 9.52. The zero-order chi connectivity index (χ0) is 12.2. The third-order valence-corrected chi connectivity index (χ3v) is 3.50. The summed E-state index contributed by atoms with van der Waals surface area (Å²) in [5.74, 6) is 0. The summed E-state index contributed by atoms with van der Waals surface area (Å²) < 4.78 is 15.6. The molecule has 1 atom stereocenters. The zero-order valence-corrected chi connectivity index (χ0v) is 10.3. The molecule has 0 aromatic heterocycles. The Kier molecular flexibility index (Phi) is 5.23. The van der Waals surface area contributed by atoms with E-state index in [4.69, 9.17) is 15.8 Å². The van der Waals surface area contributed by atoms with E-state index < -0.39 is 16.9 Å². The molecule has 0 heterocycles. The minimum Gasteiger partial charge on any atom is -0.434 e. The van der Waals surface area contributed by atoms with Gasteiger partial charge in [0.2, 0.25) is 0 Å². The molecule has 0 saturated heterocycles. The Bertz CT molecular complexity index is 402. The summed E-state index contributed by atoms with van der Waals surface area (Å²) >= 11 is 0. The standard InChI is InChI=1S/C8H18BN3O2S/c1-6(2)15(11,14)12-8(4)5-7(3)9(10)13/h5,13H,10H2,1-4H3,(H2,11,14)/b7-5+,12-8?. The molecule has 1 unspecified atom stereocenters. The van der Waals surface area contributed by atoms with Crippen LogP contribution in [0.5, 0.6) is 0 Å². The first-order valence-corrected chi connectivity index (χ1v) is 6.05. The van der Waals surface area contributed by atoms with Crippen LogP contribution in [0.1, 0.15) is 27.7 Å². The van der Waals surface area contributed by atoms with Crippen molar-refractivity contribution in [1.82, 2.24) is 0 Å². The minimum absolute atomic E-state index is 0.478. The highest BCUT2D eigenvalue weighted by Crippen LogP contribution is 1.97. The van der Waals surface area contributed by atoms with Gasteiger partial charge in [0.15, 0.2) is 0 Å². The first-order chi connectivity index (χ1) is 6.66. The van der Waals surface area contributed by atoms with Crippen molar-refractivity contribution in [2.24, 2.45) is 15.2 Å². The molecule has 5 nitrogen and oxygen atoms in total. The first kappa shape index (κ1) is 14.4. The molecule has 0 rings (SSSR count). The summed E-state index contributed by atoms with van der Waals surface area (Å²) in [7, 11) is -3.81. The van der Waals surface area contributed by atoms with Gasteiger partial charge in [-0.3, -0.25) is 0 Å². The van der Waals surface area contributed by atoms with Gasteiger partial charge in [-0.15, -0.1) is 0 Å². The van der Waals surface area contributed by atoms with Crippen LogP contribution in [-0.2, 0) is 9.89 Å². The maximum Gasteiger partial charge on any atom is 0.405 e. The van der Waals surface area contributed by atoms with Crippen LogP contribution < -0.4 is 10.8 Å². The Hall–Kier alpha value is -0.625. The average Bonchev–Trinajstić information content (AvgIpc) is 2.01. The highest BCUT2D eigenvalue weighted by atomic mass is 32.2. The molecule has 0 aliphatic carbocycles. The number of allylic oxidation sites excluding steroid dienone is 2. The van der Waals surface area contributed by atoms with Crippen LogP contribution in [0, 0.1) is 0 Å². The summed E-state index contributed by atoms with van der Waals surface area (Å²) in [6, 6.07) is 0. The van der Waals surface area contributed by atoms with Crippen LogP contribution in [0.2, 0.25) is 0 Å². The van der Waals surface area contributed by atoms with E-state index in [9.17, 15) is 4.21 Å². The van der Waals surface area contributed by atoms with Crippen molar-refractivity contribution in [3.63, 3.8) is 0 Å². The molecular weight excluding hydrogens is 213 g/mol. The van der Waals surface area contributed by atoms with Gasteiger partial charge < -0.3 is 10.7 Å². The second-order valence-electron chi connectivity index (χ2n) is 3.54. The van der Waals surface area contributed by atoms with E-state index in [1.165, 1.54) is 0 Å². The van der Waals surface area contributed by atoms with Gasteiger partial charge in [-0.05, 0) is 33.8 Å². The largest absolute Gasteiger partial charge is 0.434 e. The molecule has 15 heavy (non-hydrogen) atoms. The Balaban J connectivity index is 5.15. The maximum atomic E-state index is 11.7. The third-order valence-electron chi connectivity index (χ3n) is 1.77. The lowest BCUT2D eigenvalue weighted by Crippen LogP contribution is -2.27. The molecule has 0 radical (unpaired) electrons. The summed E-state index contributed by atoms with van der Waals surface area (Å²) in [4.78, 5) is 0.557. The van der Waals surface area contributed by atoms with Gasteiger partial charge in [0.05, 0.1) is 0 Å². The summed E-state index contributed by atoms with van der Waals surface area (Å²) in [5, 5.41) is 14.5. The van der Waals surface area contributed by atoms with Gasteiger partial charge in [0, 0.05) is 10.6 Å². The molecule has 86 valence electrons. The van der Waals surface area contributed by atoms with Gasteiger partial charge in [-0.1, -0.05) is 5.47 Å². The number of nitrogens with zero attached hydrogens (tertiary/aromatic N) is 1. The van der Waals surface area contributed by atoms with Crippen LogP contribution in [0.15, 0.2) is 15.9 Å². The lowest BCUT2D eigenvalue weighted by atomic mass is 9.76. The predicted molar refractivity (Wildman–Crippen MR) is 67.7 cm³/mol. The van der Waals surface area contributed by atoms with Gasteiger partial charge >= 0.3 is 7.05 Å². The summed E-state index contributed by atoms with van der Waals surface area (Å²) in [6.45, 7) is 6.63. The van der Waals surface area contributed by atoms with Crippen molar-refractivity contribution in [1.29, 1.82) is 0 Å². The quantitative estimate of drug-likeness (QED) is 0.351. The normalized spacial score (nSPS) is 17.3. The summed E-state index contributed by atoms with van der Waals surface area (Å²) in [6.07, 6.45) is 1.56. The molecule has 0 spiro atoms. The molecule has 0 fully saturated rings. The monoisotopic (exact) mass is 231 g/mol. The summed E-state index contributed by atoms with van der Waals surface area (Å²) in [5.41, 5.74) is 6.25. The van der Waals surface area contributed by atoms with E-state index in [0.29, 0.717) is 16.0 Å². The van der Waals surface area contributed by atoms with Crippen molar-refractivity contribution < 1.29 is 9.23 Å². The highest BCUT2D eigenvalue weighted by Gasteiger charge is 2.07. The molecule has 0 aliphatic rings. The number of nitrogens with two attached hydrogens (primary N) is 2. The van der Waals surface area contributed by atoms with E-state index in [0.717, 1.165) is 0 Å². The molecule has 0 bridgehead atoms. The van der Waals surface area contributed by atoms with E-state index in [1.54, 1.807) is 33.8 Å². The van der Waals surface area contributed by atoms with Crippen molar-refractivity contribution >= 4 is 27.5 Å². The number of rotatable bonds is 3. The van der Waals surface area contributed by atoms with E-state index in [2.05, 4.69) is 4.40 Å². The number of hydrogen-bond donors (Lipinski definition) is 3. The smallest absolute Gasteiger partial charge is 0.405 e. The number of hydrogen-bond acceptors (Lipinski definition) is 3. The van der Waals surface area contributed by atoms with E-state index >= 15 is 0 Å². The van der Waals surface area contributed by atoms with Crippen molar-refractivity contribution in [3.05, 3.63) is 11.5 Å². The van der Waals surface area contributed by atoms with Gasteiger partial charge in [-0.25, -0.2) is 9.35 Å². The van der Waals surface area contributed by atoms with Gasteiger partial charge in [0.25, 0.3) is 0 Å². The SMILES string of the molecule is CC(/C=C(\C)B(N)O)=NS(N)(=O)=C(C)C. The molecule has 0 amide bonds. The van der Waals surface area contributed by atoms with Crippen LogP contribution in [0.4, 0.5) is 0 Å². The lowest BCUT2D eigenvalue weighted by Gasteiger charge is -2.03. The second kappa shape index (κ2) is 5.46. The average molecular weight is 231 g/mol. The molecule has 0 saturated carbocycles. The Morgan fingerprint density at radius 2 is 1.87 bits per heavy atom. The van der Waals surface area contributed by atoms with Crippen LogP contribution >= 0.6 is 0 Å². The Labute approximate surface area is 91.7 Å². The van der Waals surface area contributed by atoms with Crippen molar-refractivity contribution in [2.75, 3.05) is 0 Å². The fourth-order valence-electron chi connectivity index (χ4n) is 0.746. The maximum absolute atomic E-state index is 11.7. The van der Waals surface area contributed by atoms with Crippen molar-refractivity contribution in [3.8, 4) is 0 Å². The second-order valence-corrected chi connectivity index (χ2v) is 5.68. The predicted octanol–water partition coefficient (Wildman–Crippen LogP) is -0.343. The third kappa shape index (κ3) is 5.13. The molecule has 0 aliphatic heterocycles. The molecular formula is C8H18BN3O2S. The topological polar surface area (TPSA) is 102 Å². The first-order valence-electron chi connectivity index (χ1n) is 4.47. The van der Waals surface area contributed by atoms with E-state index in [-0.39, 0.29) is 0 Å². The van der Waals surface area contributed by atoms with Gasteiger partial charge in [-0.2, -0.15) is 4.40 Å². The van der Waals surface area contributed by atoms with Crippen LogP contribution in [0.25, 0.3) is 0 Å². The fraction of sp³-hybridized carbons (Fsp3) is 0.500.